The quantitative estimate of drug-likeness (QED) is 0.690. The average Bonchev–Trinajstić information content (AvgIpc) is 3.22. The van der Waals surface area contributed by atoms with Crippen molar-refractivity contribution in [2.24, 2.45) is 0 Å². The van der Waals surface area contributed by atoms with Gasteiger partial charge in [0.25, 0.3) is 0 Å². The smallest absolute Gasteiger partial charge is 0.247 e. The summed E-state index contributed by atoms with van der Waals surface area (Å²) in [6.45, 7) is 3.17. The molecular formula is C19H21ClN2O5S. The van der Waals surface area contributed by atoms with Crippen molar-refractivity contribution in [1.29, 1.82) is 0 Å². The second-order valence-electron chi connectivity index (χ2n) is 6.62. The first-order chi connectivity index (χ1) is 13.6. The molecule has 2 fully saturated rings. The van der Waals surface area contributed by atoms with Gasteiger partial charge in [-0.05, 0) is 23.8 Å². The van der Waals surface area contributed by atoms with Crippen LogP contribution in [0.2, 0.25) is 5.02 Å². The van der Waals surface area contributed by atoms with E-state index < -0.39 is 6.04 Å². The SMILES string of the molecule is O=C(C1CSCN1C(=O)C=Cc1cc(Cl)c2c(c1)OCCO2)N1CCOCC1. The van der Waals surface area contributed by atoms with E-state index in [1.54, 1.807) is 39.8 Å². The molecule has 3 heterocycles. The van der Waals surface area contributed by atoms with Gasteiger partial charge in [0, 0.05) is 24.9 Å². The van der Waals surface area contributed by atoms with Gasteiger partial charge in [-0.25, -0.2) is 0 Å². The molecule has 28 heavy (non-hydrogen) atoms. The van der Waals surface area contributed by atoms with Crippen LogP contribution in [0.15, 0.2) is 18.2 Å². The molecule has 150 valence electrons. The van der Waals surface area contributed by atoms with Crippen molar-refractivity contribution < 1.29 is 23.8 Å². The normalized spacial score (nSPS) is 22.0. The van der Waals surface area contributed by atoms with E-state index in [1.807, 2.05) is 0 Å². The van der Waals surface area contributed by atoms with Crippen LogP contribution in [0.4, 0.5) is 0 Å². The molecule has 3 aliphatic heterocycles. The molecule has 0 N–H and O–H groups in total. The second-order valence-corrected chi connectivity index (χ2v) is 8.03. The standard InChI is InChI=1S/C19H21ClN2O5S/c20-14-9-13(10-16-18(14)27-8-7-26-16)1-2-17(23)22-12-28-11-15(22)19(24)21-3-5-25-6-4-21/h1-2,9-10,15H,3-8,11-12H2. The zero-order chi connectivity index (χ0) is 19.5. The number of rotatable bonds is 3. The highest BCUT2D eigenvalue weighted by molar-refractivity contribution is 7.99. The minimum atomic E-state index is -0.427. The summed E-state index contributed by atoms with van der Waals surface area (Å²) in [5, 5.41) is 0.446. The Morgan fingerprint density at radius 3 is 2.75 bits per heavy atom. The van der Waals surface area contributed by atoms with Crippen LogP contribution >= 0.6 is 23.4 Å². The third kappa shape index (κ3) is 4.09. The molecule has 0 saturated carbocycles. The predicted octanol–water partition coefficient (Wildman–Crippen LogP) is 1.88. The fraction of sp³-hybridized carbons (Fsp3) is 0.474. The lowest BCUT2D eigenvalue weighted by Gasteiger charge is -2.31. The number of amides is 2. The Kier molecular flexibility index (Phi) is 5.99. The van der Waals surface area contributed by atoms with E-state index in [2.05, 4.69) is 0 Å². The van der Waals surface area contributed by atoms with Crippen molar-refractivity contribution in [3.05, 3.63) is 28.8 Å². The first-order valence-electron chi connectivity index (χ1n) is 9.15. The molecule has 7 nitrogen and oxygen atoms in total. The zero-order valence-electron chi connectivity index (χ0n) is 15.3. The lowest BCUT2D eigenvalue weighted by atomic mass is 10.1. The summed E-state index contributed by atoms with van der Waals surface area (Å²) in [7, 11) is 0. The monoisotopic (exact) mass is 424 g/mol. The van der Waals surface area contributed by atoms with Gasteiger partial charge in [-0.15, -0.1) is 11.8 Å². The van der Waals surface area contributed by atoms with Crippen molar-refractivity contribution >= 4 is 41.3 Å². The van der Waals surface area contributed by atoms with Crippen molar-refractivity contribution in [1.82, 2.24) is 9.80 Å². The van der Waals surface area contributed by atoms with Crippen LogP contribution in [-0.2, 0) is 14.3 Å². The molecule has 0 radical (unpaired) electrons. The predicted molar refractivity (Wildman–Crippen MR) is 107 cm³/mol. The molecule has 2 saturated heterocycles. The summed E-state index contributed by atoms with van der Waals surface area (Å²) in [5.74, 6) is 2.03. The van der Waals surface area contributed by atoms with Gasteiger partial charge in [0.1, 0.15) is 19.3 Å². The molecule has 4 rings (SSSR count). The number of carbonyl (C=O) groups is 2. The van der Waals surface area contributed by atoms with Gasteiger partial charge in [0.05, 0.1) is 24.1 Å². The number of nitrogens with zero attached hydrogens (tertiary/aromatic N) is 2. The largest absolute Gasteiger partial charge is 0.486 e. The van der Waals surface area contributed by atoms with Crippen LogP contribution in [0.3, 0.4) is 0 Å². The fourth-order valence-electron chi connectivity index (χ4n) is 3.35. The summed E-state index contributed by atoms with van der Waals surface area (Å²) < 4.78 is 16.4. The Morgan fingerprint density at radius 2 is 1.93 bits per heavy atom. The minimum absolute atomic E-state index is 0.00239. The number of ether oxygens (including phenoxy) is 3. The molecule has 0 spiro atoms. The van der Waals surface area contributed by atoms with Crippen LogP contribution in [0.25, 0.3) is 6.08 Å². The number of morpholine rings is 1. The van der Waals surface area contributed by atoms with Crippen molar-refractivity contribution in [2.45, 2.75) is 6.04 Å². The van der Waals surface area contributed by atoms with E-state index in [-0.39, 0.29) is 11.8 Å². The Morgan fingerprint density at radius 1 is 1.14 bits per heavy atom. The Balaban J connectivity index is 1.45. The van der Waals surface area contributed by atoms with E-state index in [4.69, 9.17) is 25.8 Å². The Labute approximate surface area is 172 Å². The maximum Gasteiger partial charge on any atom is 0.247 e. The molecule has 1 aromatic rings. The highest BCUT2D eigenvalue weighted by Gasteiger charge is 2.36. The molecule has 3 aliphatic rings. The van der Waals surface area contributed by atoms with Gasteiger partial charge in [-0.1, -0.05) is 11.6 Å². The number of thioether (sulfide) groups is 1. The van der Waals surface area contributed by atoms with E-state index in [9.17, 15) is 9.59 Å². The third-order valence-electron chi connectivity index (χ3n) is 4.81. The number of benzene rings is 1. The highest BCUT2D eigenvalue weighted by atomic mass is 35.5. The van der Waals surface area contributed by atoms with Crippen LogP contribution in [0.1, 0.15) is 5.56 Å². The number of hydrogen-bond donors (Lipinski definition) is 0. The molecular weight excluding hydrogens is 404 g/mol. The van der Waals surface area contributed by atoms with Crippen molar-refractivity contribution in [3.8, 4) is 11.5 Å². The third-order valence-corrected chi connectivity index (χ3v) is 6.10. The van der Waals surface area contributed by atoms with Crippen LogP contribution in [0.5, 0.6) is 11.5 Å². The number of hydrogen-bond acceptors (Lipinski definition) is 6. The summed E-state index contributed by atoms with van der Waals surface area (Å²) in [6, 6.07) is 3.09. The molecule has 2 amide bonds. The summed E-state index contributed by atoms with van der Waals surface area (Å²) in [6.07, 6.45) is 3.17. The molecule has 9 heteroatoms. The fourth-order valence-corrected chi connectivity index (χ4v) is 4.78. The van der Waals surface area contributed by atoms with Gasteiger partial charge < -0.3 is 24.0 Å². The van der Waals surface area contributed by atoms with Gasteiger partial charge in [-0.3, -0.25) is 9.59 Å². The molecule has 1 aromatic carbocycles. The first kappa shape index (κ1) is 19.4. The topological polar surface area (TPSA) is 68.3 Å². The lowest BCUT2D eigenvalue weighted by molar-refractivity contribution is -0.144. The Hall–Kier alpha value is -1.90. The lowest BCUT2D eigenvalue weighted by Crippen LogP contribution is -2.51. The van der Waals surface area contributed by atoms with Gasteiger partial charge >= 0.3 is 0 Å². The zero-order valence-corrected chi connectivity index (χ0v) is 16.8. The minimum Gasteiger partial charge on any atom is -0.486 e. The van der Waals surface area contributed by atoms with Crippen LogP contribution < -0.4 is 9.47 Å². The number of carbonyl (C=O) groups excluding carboxylic acids is 2. The molecule has 1 unspecified atom stereocenters. The second kappa shape index (κ2) is 8.63. The first-order valence-corrected chi connectivity index (χ1v) is 10.7. The van der Waals surface area contributed by atoms with E-state index in [0.29, 0.717) is 67.7 Å². The van der Waals surface area contributed by atoms with Gasteiger partial charge in [0.15, 0.2) is 11.5 Å². The molecule has 0 aromatic heterocycles. The maximum absolute atomic E-state index is 12.8. The Bertz CT molecular complexity index is 797. The average molecular weight is 425 g/mol. The van der Waals surface area contributed by atoms with E-state index in [1.165, 1.54) is 6.08 Å². The molecule has 0 aliphatic carbocycles. The highest BCUT2D eigenvalue weighted by Crippen LogP contribution is 2.38. The van der Waals surface area contributed by atoms with Crippen LogP contribution in [0, 0.1) is 0 Å². The van der Waals surface area contributed by atoms with E-state index >= 15 is 0 Å². The number of fused-ring (bicyclic) bond motifs is 1. The molecule has 1 atom stereocenters. The summed E-state index contributed by atoms with van der Waals surface area (Å²) in [5.41, 5.74) is 0.741. The summed E-state index contributed by atoms with van der Waals surface area (Å²) in [4.78, 5) is 28.9. The summed E-state index contributed by atoms with van der Waals surface area (Å²) >= 11 is 7.83. The van der Waals surface area contributed by atoms with Gasteiger partial charge in [0.2, 0.25) is 11.8 Å². The van der Waals surface area contributed by atoms with Crippen LogP contribution in [-0.4, -0.2) is 78.8 Å². The van der Waals surface area contributed by atoms with Gasteiger partial charge in [-0.2, -0.15) is 0 Å². The molecule has 0 bridgehead atoms. The maximum atomic E-state index is 12.8. The van der Waals surface area contributed by atoms with Crippen molar-refractivity contribution in [3.63, 3.8) is 0 Å². The van der Waals surface area contributed by atoms with E-state index in [0.717, 1.165) is 5.56 Å². The van der Waals surface area contributed by atoms with Crippen molar-refractivity contribution in [2.75, 3.05) is 51.1 Å². The number of halogens is 1.